The van der Waals surface area contributed by atoms with Gasteiger partial charge < -0.3 is 10.2 Å². The molecule has 3 aliphatic rings. The van der Waals surface area contributed by atoms with E-state index in [9.17, 15) is 27.2 Å². The standard InChI is InChI=1S/C35H43ClF5N3O2/c1-20-13-23-26(15-28(20)36)34(16-27(23)33(5,6)31(46)42-19-35(39,40)41)9-11-43(12-10-34)30(45)25-18-44(32(2,3)4)17-24(25)22-8-7-21(37)14-29(22)38/h7-8,13-15,24-25,27H,9-12,16-19H2,1-6H3,(H,42,46)/t24-,25+,27+/m0/s1. The predicted octanol–water partition coefficient (Wildman–Crippen LogP) is 7.49. The molecule has 1 aliphatic carbocycles. The highest BCUT2D eigenvalue weighted by molar-refractivity contribution is 6.31. The van der Waals surface area contributed by atoms with E-state index in [0.29, 0.717) is 56.0 Å². The van der Waals surface area contributed by atoms with E-state index >= 15 is 4.39 Å². The Balaban J connectivity index is 1.39. The van der Waals surface area contributed by atoms with Crippen molar-refractivity contribution in [2.75, 3.05) is 32.7 Å². The first-order valence-corrected chi connectivity index (χ1v) is 16.3. The molecule has 0 aromatic heterocycles. The van der Waals surface area contributed by atoms with Crippen LogP contribution in [0, 0.1) is 29.9 Å². The largest absolute Gasteiger partial charge is 0.405 e. The van der Waals surface area contributed by atoms with Crippen molar-refractivity contribution < 1.29 is 31.5 Å². The minimum absolute atomic E-state index is 0.0705. The lowest BCUT2D eigenvalue weighted by atomic mass is 9.69. The monoisotopic (exact) mass is 667 g/mol. The molecule has 2 aromatic carbocycles. The summed E-state index contributed by atoms with van der Waals surface area (Å²) in [6.07, 6.45) is -2.80. The minimum Gasteiger partial charge on any atom is -0.347 e. The van der Waals surface area contributed by atoms with Gasteiger partial charge >= 0.3 is 6.18 Å². The third-order valence-electron chi connectivity index (χ3n) is 10.8. The van der Waals surface area contributed by atoms with Crippen LogP contribution in [0.5, 0.6) is 0 Å². The quantitative estimate of drug-likeness (QED) is 0.336. The van der Waals surface area contributed by atoms with Crippen LogP contribution >= 0.6 is 11.6 Å². The third-order valence-corrected chi connectivity index (χ3v) is 11.2. The number of benzene rings is 2. The Morgan fingerprint density at radius 2 is 1.63 bits per heavy atom. The lowest BCUT2D eigenvalue weighted by molar-refractivity contribution is -0.144. The van der Waals surface area contributed by atoms with E-state index in [4.69, 9.17) is 11.6 Å². The van der Waals surface area contributed by atoms with Gasteiger partial charge in [0.1, 0.15) is 18.2 Å². The highest BCUT2D eigenvalue weighted by atomic mass is 35.5. The first-order valence-electron chi connectivity index (χ1n) is 15.9. The normalized spacial score (nSPS) is 23.6. The molecule has 2 saturated heterocycles. The van der Waals surface area contributed by atoms with Gasteiger partial charge in [-0.2, -0.15) is 13.2 Å². The van der Waals surface area contributed by atoms with E-state index in [0.717, 1.165) is 22.8 Å². The lowest BCUT2D eigenvalue weighted by Gasteiger charge is -2.42. The van der Waals surface area contributed by atoms with Crippen molar-refractivity contribution in [1.29, 1.82) is 0 Å². The van der Waals surface area contributed by atoms with E-state index in [1.165, 1.54) is 12.1 Å². The van der Waals surface area contributed by atoms with E-state index in [2.05, 4.69) is 10.2 Å². The number of piperidine rings is 1. The van der Waals surface area contributed by atoms with E-state index < -0.39 is 52.9 Å². The average Bonchev–Trinajstić information content (AvgIpc) is 3.53. The first-order chi connectivity index (χ1) is 21.2. The van der Waals surface area contributed by atoms with E-state index in [1.54, 1.807) is 13.8 Å². The number of amides is 2. The predicted molar refractivity (Wildman–Crippen MR) is 168 cm³/mol. The number of aryl methyl sites for hydroxylation is 1. The van der Waals surface area contributed by atoms with Crippen molar-refractivity contribution in [2.45, 2.75) is 89.8 Å². The summed E-state index contributed by atoms with van der Waals surface area (Å²) in [6, 6.07) is 7.43. The molecule has 1 N–H and O–H groups in total. The second-order valence-corrected chi connectivity index (χ2v) is 15.4. The van der Waals surface area contributed by atoms with Gasteiger partial charge in [-0.05, 0) is 92.7 Å². The molecular formula is C35H43ClF5N3O2. The number of hydrogen-bond donors (Lipinski definition) is 1. The van der Waals surface area contributed by atoms with Crippen LogP contribution in [0.1, 0.15) is 88.0 Å². The van der Waals surface area contributed by atoms with Crippen molar-refractivity contribution in [3.05, 3.63) is 69.2 Å². The van der Waals surface area contributed by atoms with Crippen LogP contribution in [0.15, 0.2) is 30.3 Å². The maximum absolute atomic E-state index is 15.0. The van der Waals surface area contributed by atoms with Crippen LogP contribution in [-0.2, 0) is 15.0 Å². The minimum atomic E-state index is -4.52. The van der Waals surface area contributed by atoms with Gasteiger partial charge in [-0.3, -0.25) is 14.5 Å². The number of halogens is 6. The number of rotatable bonds is 5. The molecule has 3 atom stereocenters. The smallest absolute Gasteiger partial charge is 0.347 e. The number of fused-ring (bicyclic) bond motifs is 2. The van der Waals surface area contributed by atoms with E-state index in [1.807, 2.05) is 44.7 Å². The molecule has 2 fully saturated rings. The Morgan fingerprint density at radius 1 is 0.978 bits per heavy atom. The number of likely N-dealkylation sites (tertiary alicyclic amines) is 2. The third kappa shape index (κ3) is 6.53. The molecule has 46 heavy (non-hydrogen) atoms. The number of carbonyl (C=O) groups excluding carboxylic acids is 2. The summed E-state index contributed by atoms with van der Waals surface area (Å²) in [5.74, 6) is -3.35. The number of carbonyl (C=O) groups is 2. The SMILES string of the molecule is Cc1cc2c(cc1Cl)C1(CCN(C(=O)[C@@H]3CN(C(C)(C)C)C[C@H]3c3ccc(F)cc3F)CC1)C[C@H]2C(C)(C)C(=O)NCC(F)(F)F. The summed E-state index contributed by atoms with van der Waals surface area (Å²) in [4.78, 5) is 31.4. The molecule has 0 unspecified atom stereocenters. The molecule has 5 nitrogen and oxygen atoms in total. The first kappa shape index (κ1) is 34.6. The van der Waals surface area contributed by atoms with Gasteiger partial charge in [0.2, 0.25) is 11.8 Å². The zero-order chi connectivity index (χ0) is 34.0. The molecule has 1 spiro atoms. The van der Waals surface area contributed by atoms with Gasteiger partial charge in [0, 0.05) is 48.7 Å². The van der Waals surface area contributed by atoms with Crippen molar-refractivity contribution in [3.63, 3.8) is 0 Å². The summed E-state index contributed by atoms with van der Waals surface area (Å²) in [5, 5.41) is 2.66. The molecule has 0 radical (unpaired) electrons. The number of nitrogens with zero attached hydrogens (tertiary/aromatic N) is 2. The van der Waals surface area contributed by atoms with Crippen molar-refractivity contribution in [3.8, 4) is 0 Å². The van der Waals surface area contributed by atoms with Gasteiger partial charge in [0.15, 0.2) is 0 Å². The number of nitrogens with one attached hydrogen (secondary N) is 1. The van der Waals surface area contributed by atoms with Gasteiger partial charge in [-0.25, -0.2) is 8.78 Å². The molecule has 0 saturated carbocycles. The second kappa shape index (κ2) is 12.1. The zero-order valence-electron chi connectivity index (χ0n) is 27.3. The van der Waals surface area contributed by atoms with Gasteiger partial charge in [0.05, 0.1) is 11.3 Å². The van der Waals surface area contributed by atoms with Gasteiger partial charge in [-0.1, -0.05) is 37.6 Å². The van der Waals surface area contributed by atoms with Crippen LogP contribution < -0.4 is 5.32 Å². The molecule has 2 heterocycles. The summed E-state index contributed by atoms with van der Waals surface area (Å²) in [5.41, 5.74) is 1.26. The maximum Gasteiger partial charge on any atom is 0.405 e. The Hall–Kier alpha value is -2.72. The molecule has 5 rings (SSSR count). The molecular weight excluding hydrogens is 625 g/mol. The molecule has 2 aliphatic heterocycles. The number of hydrogen-bond acceptors (Lipinski definition) is 3. The zero-order valence-corrected chi connectivity index (χ0v) is 28.0. The Morgan fingerprint density at radius 3 is 2.22 bits per heavy atom. The van der Waals surface area contributed by atoms with E-state index in [-0.39, 0.29) is 17.4 Å². The number of alkyl halides is 3. The fraction of sp³-hybridized carbons (Fsp3) is 0.600. The topological polar surface area (TPSA) is 52.7 Å². The Labute approximate surface area is 272 Å². The lowest BCUT2D eigenvalue weighted by Crippen LogP contribution is -2.48. The van der Waals surface area contributed by atoms with Gasteiger partial charge in [0.25, 0.3) is 0 Å². The van der Waals surface area contributed by atoms with Crippen molar-refractivity contribution >= 4 is 23.4 Å². The highest BCUT2D eigenvalue weighted by Gasteiger charge is 2.53. The summed E-state index contributed by atoms with van der Waals surface area (Å²) < 4.78 is 67.7. The summed E-state index contributed by atoms with van der Waals surface area (Å²) in [7, 11) is 0. The fourth-order valence-electron chi connectivity index (χ4n) is 7.85. The summed E-state index contributed by atoms with van der Waals surface area (Å²) >= 11 is 6.60. The summed E-state index contributed by atoms with van der Waals surface area (Å²) in [6.45, 7) is 11.8. The highest BCUT2D eigenvalue weighted by Crippen LogP contribution is 2.58. The van der Waals surface area contributed by atoms with Crippen LogP contribution in [0.4, 0.5) is 22.0 Å². The Bertz CT molecular complexity index is 1510. The molecule has 11 heteroatoms. The van der Waals surface area contributed by atoms with Crippen LogP contribution in [-0.4, -0.2) is 66.1 Å². The maximum atomic E-state index is 15.0. The Kier molecular flexibility index (Phi) is 9.08. The molecule has 2 aromatic rings. The molecule has 252 valence electrons. The fourth-order valence-corrected chi connectivity index (χ4v) is 8.02. The average molecular weight is 668 g/mol. The van der Waals surface area contributed by atoms with Crippen LogP contribution in [0.25, 0.3) is 0 Å². The molecule has 2 amide bonds. The van der Waals surface area contributed by atoms with Crippen molar-refractivity contribution in [1.82, 2.24) is 15.1 Å². The molecule has 0 bridgehead atoms. The second-order valence-electron chi connectivity index (χ2n) is 15.0. The van der Waals surface area contributed by atoms with Gasteiger partial charge in [-0.15, -0.1) is 0 Å². The van der Waals surface area contributed by atoms with Crippen molar-refractivity contribution in [2.24, 2.45) is 11.3 Å². The van der Waals surface area contributed by atoms with Crippen LogP contribution in [0.2, 0.25) is 5.02 Å². The van der Waals surface area contributed by atoms with Crippen LogP contribution in [0.3, 0.4) is 0 Å².